The monoisotopic (exact) mass is 288 g/mol. The van der Waals surface area contributed by atoms with Crippen LogP contribution in [0, 0.1) is 0 Å². The Morgan fingerprint density at radius 1 is 1.24 bits per heavy atom. The van der Waals surface area contributed by atoms with E-state index in [1.54, 1.807) is 11.2 Å². The van der Waals surface area contributed by atoms with Crippen molar-refractivity contribution in [2.24, 2.45) is 4.99 Å². The number of aliphatic imine (C=N–C) groups is 1. The molecule has 0 bridgehead atoms. The molecule has 1 aliphatic rings. The minimum Gasteiger partial charge on any atom is -0.303 e. The van der Waals surface area contributed by atoms with E-state index in [-0.39, 0.29) is 12.3 Å². The van der Waals surface area contributed by atoms with Crippen LogP contribution in [0.4, 0.5) is 10.5 Å². The molecule has 21 heavy (non-hydrogen) atoms. The van der Waals surface area contributed by atoms with Crippen LogP contribution in [-0.4, -0.2) is 25.2 Å². The quantitative estimate of drug-likeness (QED) is 0.845. The van der Waals surface area contributed by atoms with Gasteiger partial charge in [0.25, 0.3) is 0 Å². The summed E-state index contributed by atoms with van der Waals surface area (Å²) >= 11 is 0. The predicted octanol–water partition coefficient (Wildman–Crippen LogP) is 2.65. The van der Waals surface area contributed by atoms with Gasteiger partial charge in [-0.3, -0.25) is 10.2 Å². The number of hydrogen-bond acceptors (Lipinski definition) is 3. The lowest BCUT2D eigenvalue weighted by atomic mass is 10.0. The maximum atomic E-state index is 12.4. The lowest BCUT2D eigenvalue weighted by Gasteiger charge is -2.29. The van der Waals surface area contributed by atoms with E-state index < -0.39 is 0 Å². The Hall–Kier alpha value is -1.88. The average molecular weight is 288 g/mol. The maximum absolute atomic E-state index is 12.4. The first kappa shape index (κ1) is 15.5. The highest BCUT2D eigenvalue weighted by atomic mass is 16.2. The highest BCUT2D eigenvalue weighted by molar-refractivity contribution is 6.10. The second-order valence-electron chi connectivity index (χ2n) is 5.07. The van der Waals surface area contributed by atoms with E-state index in [4.69, 9.17) is 0 Å². The smallest absolute Gasteiger partial charge is 0.303 e. The Kier molecular flexibility index (Phi) is 5.33. The topological polar surface area (TPSA) is 56.7 Å². The lowest BCUT2D eigenvalue weighted by molar-refractivity contribution is 0.241. The molecule has 1 aromatic rings. The van der Waals surface area contributed by atoms with Crippen molar-refractivity contribution in [1.29, 1.82) is 0 Å². The van der Waals surface area contributed by atoms with E-state index in [2.05, 4.69) is 48.5 Å². The Bertz CT molecular complexity index is 505. The van der Waals surface area contributed by atoms with Crippen molar-refractivity contribution in [2.45, 2.75) is 46.3 Å². The van der Waals surface area contributed by atoms with E-state index in [9.17, 15) is 4.79 Å². The second-order valence-corrected chi connectivity index (χ2v) is 5.07. The standard InChI is InChI=1S/C16H24N4O/c1-4-10-17-15-18-11-20(16(21)19-15)14-12(5-2)8-7-9-13(14)6-3/h7-9,11,15,17H,4-6,10H2,1-3H3,(H,19,21). The molecule has 0 radical (unpaired) electrons. The number of nitrogens with one attached hydrogen (secondary N) is 2. The highest BCUT2D eigenvalue weighted by Crippen LogP contribution is 2.27. The van der Waals surface area contributed by atoms with Crippen molar-refractivity contribution in [3.8, 4) is 0 Å². The highest BCUT2D eigenvalue weighted by Gasteiger charge is 2.25. The summed E-state index contributed by atoms with van der Waals surface area (Å²) in [5, 5.41) is 6.05. The Morgan fingerprint density at radius 2 is 1.90 bits per heavy atom. The molecule has 2 N–H and O–H groups in total. The first-order valence-corrected chi connectivity index (χ1v) is 7.68. The number of para-hydroxylation sites is 1. The van der Waals surface area contributed by atoms with Gasteiger partial charge in [0, 0.05) is 0 Å². The second kappa shape index (κ2) is 7.22. The molecule has 0 fully saturated rings. The van der Waals surface area contributed by atoms with E-state index in [0.29, 0.717) is 0 Å². The van der Waals surface area contributed by atoms with Gasteiger partial charge in [-0.2, -0.15) is 0 Å². The number of amides is 2. The third-order valence-electron chi connectivity index (χ3n) is 3.60. The van der Waals surface area contributed by atoms with Gasteiger partial charge in [0.05, 0.1) is 5.69 Å². The first-order chi connectivity index (χ1) is 10.2. The Labute approximate surface area is 126 Å². The van der Waals surface area contributed by atoms with Crippen LogP contribution in [0.2, 0.25) is 0 Å². The molecular formula is C16H24N4O. The molecule has 2 rings (SSSR count). The fraction of sp³-hybridized carbons (Fsp3) is 0.500. The average Bonchev–Trinajstić information content (AvgIpc) is 2.52. The minimum atomic E-state index is -0.326. The van der Waals surface area contributed by atoms with E-state index in [1.807, 2.05) is 6.07 Å². The number of hydrogen-bond donors (Lipinski definition) is 2. The fourth-order valence-electron chi connectivity index (χ4n) is 2.48. The summed E-state index contributed by atoms with van der Waals surface area (Å²) in [5.41, 5.74) is 3.30. The maximum Gasteiger partial charge on any atom is 0.329 e. The number of anilines is 1. The van der Waals surface area contributed by atoms with Crippen molar-refractivity contribution >= 4 is 18.1 Å². The van der Waals surface area contributed by atoms with Crippen molar-refractivity contribution in [1.82, 2.24) is 10.6 Å². The number of urea groups is 1. The van der Waals surface area contributed by atoms with Crippen molar-refractivity contribution in [3.05, 3.63) is 29.3 Å². The molecule has 1 unspecified atom stereocenters. The van der Waals surface area contributed by atoms with Crippen molar-refractivity contribution in [2.75, 3.05) is 11.4 Å². The van der Waals surface area contributed by atoms with Crippen LogP contribution in [0.15, 0.2) is 23.2 Å². The molecule has 5 heteroatoms. The summed E-state index contributed by atoms with van der Waals surface area (Å²) in [5.74, 6) is 0. The van der Waals surface area contributed by atoms with Gasteiger partial charge in [0.15, 0.2) is 6.29 Å². The van der Waals surface area contributed by atoms with Gasteiger partial charge >= 0.3 is 6.03 Å². The summed E-state index contributed by atoms with van der Waals surface area (Å²) in [6.45, 7) is 7.11. The molecular weight excluding hydrogens is 264 g/mol. The van der Waals surface area contributed by atoms with Crippen molar-refractivity contribution in [3.63, 3.8) is 0 Å². The van der Waals surface area contributed by atoms with Crippen LogP contribution in [0.25, 0.3) is 0 Å². The van der Waals surface area contributed by atoms with Gasteiger partial charge in [0.1, 0.15) is 6.34 Å². The number of aryl methyl sites for hydroxylation is 2. The molecule has 2 amide bonds. The van der Waals surface area contributed by atoms with Gasteiger partial charge < -0.3 is 5.32 Å². The molecule has 0 saturated carbocycles. The Morgan fingerprint density at radius 3 is 2.43 bits per heavy atom. The molecule has 1 aromatic carbocycles. The Balaban J connectivity index is 2.28. The van der Waals surface area contributed by atoms with Crippen LogP contribution in [0.5, 0.6) is 0 Å². The summed E-state index contributed by atoms with van der Waals surface area (Å²) < 4.78 is 0. The molecule has 0 saturated heterocycles. The zero-order valence-electron chi connectivity index (χ0n) is 13.0. The normalized spacial score (nSPS) is 18.0. The molecule has 114 valence electrons. The molecule has 5 nitrogen and oxygen atoms in total. The number of benzene rings is 1. The van der Waals surface area contributed by atoms with Crippen LogP contribution in [0.1, 0.15) is 38.3 Å². The minimum absolute atomic E-state index is 0.130. The van der Waals surface area contributed by atoms with E-state index >= 15 is 0 Å². The molecule has 1 aliphatic heterocycles. The zero-order valence-corrected chi connectivity index (χ0v) is 13.0. The molecule has 1 atom stereocenters. The summed E-state index contributed by atoms with van der Waals surface area (Å²) in [7, 11) is 0. The number of carbonyl (C=O) groups excluding carboxylic acids is 1. The largest absolute Gasteiger partial charge is 0.329 e. The summed E-state index contributed by atoms with van der Waals surface area (Å²) in [4.78, 5) is 18.4. The van der Waals surface area contributed by atoms with Crippen molar-refractivity contribution < 1.29 is 4.79 Å². The van der Waals surface area contributed by atoms with Crippen LogP contribution < -0.4 is 15.5 Å². The SMILES string of the molecule is CCCNC1N=CN(c2c(CC)cccc2CC)C(=O)N1. The van der Waals surface area contributed by atoms with Crippen LogP contribution >= 0.6 is 0 Å². The van der Waals surface area contributed by atoms with Gasteiger partial charge in [-0.25, -0.2) is 9.79 Å². The third-order valence-corrected chi connectivity index (χ3v) is 3.60. The van der Waals surface area contributed by atoms with E-state index in [0.717, 1.165) is 42.6 Å². The van der Waals surface area contributed by atoms with Gasteiger partial charge in [-0.15, -0.1) is 0 Å². The lowest BCUT2D eigenvalue weighted by Crippen LogP contribution is -2.54. The third kappa shape index (κ3) is 3.42. The van der Waals surface area contributed by atoms with E-state index in [1.165, 1.54) is 0 Å². The van der Waals surface area contributed by atoms with Gasteiger partial charge in [0.2, 0.25) is 0 Å². The summed E-state index contributed by atoms with van der Waals surface area (Å²) in [6.07, 6.45) is 4.09. The zero-order chi connectivity index (χ0) is 15.2. The molecule has 0 aromatic heterocycles. The molecule has 1 heterocycles. The van der Waals surface area contributed by atoms with Gasteiger partial charge in [-0.1, -0.05) is 39.0 Å². The predicted molar refractivity (Wildman–Crippen MR) is 86.8 cm³/mol. The molecule has 0 aliphatic carbocycles. The van der Waals surface area contributed by atoms with Gasteiger partial charge in [-0.05, 0) is 36.9 Å². The number of carbonyl (C=O) groups is 1. The first-order valence-electron chi connectivity index (χ1n) is 7.68. The number of rotatable bonds is 6. The fourth-order valence-corrected chi connectivity index (χ4v) is 2.48. The molecule has 0 spiro atoms. The van der Waals surface area contributed by atoms with Crippen LogP contribution in [-0.2, 0) is 12.8 Å². The van der Waals surface area contributed by atoms with Crippen LogP contribution in [0.3, 0.4) is 0 Å². The summed E-state index contributed by atoms with van der Waals surface area (Å²) in [6, 6.07) is 6.05. The number of nitrogens with zero attached hydrogens (tertiary/aromatic N) is 2.